The minimum Gasteiger partial charge on any atom is -0.507 e. The molecule has 1 amide bonds. The predicted octanol–water partition coefficient (Wildman–Crippen LogP) is 2.02. The highest BCUT2D eigenvalue weighted by atomic mass is 16.5. The molecular weight excluding hydrogens is 384 g/mol. The first kappa shape index (κ1) is 21.6. The molecule has 30 heavy (non-hydrogen) atoms. The Hall–Kier alpha value is -3.06. The number of hydrogen-bond donors (Lipinski definition) is 2. The lowest BCUT2D eigenvalue weighted by Gasteiger charge is -2.23. The number of likely N-dealkylation sites (tertiary alicyclic amines) is 1. The molecule has 0 bridgehead atoms. The number of nitrogens with one attached hydrogen (secondary N) is 1. The SMILES string of the molecule is CC(C)Oc1ccc(C(O)=C2C(=O)C(=O)N(CCC[NH+](C)C)[C@H]2c2ccco2)cc1. The molecule has 1 fully saturated rings. The van der Waals surface area contributed by atoms with Gasteiger partial charge in [0.1, 0.15) is 23.3 Å². The van der Waals surface area contributed by atoms with Gasteiger partial charge in [-0.25, -0.2) is 0 Å². The van der Waals surface area contributed by atoms with E-state index in [4.69, 9.17) is 9.15 Å². The lowest BCUT2D eigenvalue weighted by atomic mass is 9.99. The third-order valence-corrected chi connectivity index (χ3v) is 4.93. The summed E-state index contributed by atoms with van der Waals surface area (Å²) in [5, 5.41) is 11.0. The Labute approximate surface area is 176 Å². The van der Waals surface area contributed by atoms with Crippen molar-refractivity contribution < 1.29 is 28.7 Å². The van der Waals surface area contributed by atoms with E-state index < -0.39 is 17.7 Å². The predicted molar refractivity (Wildman–Crippen MR) is 112 cm³/mol. The third kappa shape index (κ3) is 4.57. The van der Waals surface area contributed by atoms with Gasteiger partial charge in [0.05, 0.1) is 38.6 Å². The van der Waals surface area contributed by atoms with Crippen LogP contribution in [0.2, 0.25) is 0 Å². The highest BCUT2D eigenvalue weighted by Gasteiger charge is 2.47. The summed E-state index contributed by atoms with van der Waals surface area (Å²) < 4.78 is 11.2. The first-order valence-electron chi connectivity index (χ1n) is 10.2. The van der Waals surface area contributed by atoms with Crippen molar-refractivity contribution in [1.29, 1.82) is 0 Å². The van der Waals surface area contributed by atoms with Crippen LogP contribution in [-0.4, -0.2) is 55.0 Å². The molecular formula is C23H29N2O5+. The van der Waals surface area contributed by atoms with Gasteiger partial charge in [-0.2, -0.15) is 0 Å². The van der Waals surface area contributed by atoms with E-state index in [1.807, 2.05) is 27.9 Å². The van der Waals surface area contributed by atoms with Gasteiger partial charge in [0, 0.05) is 18.5 Å². The lowest BCUT2D eigenvalue weighted by Crippen LogP contribution is -3.05. The van der Waals surface area contributed by atoms with Crippen LogP contribution in [-0.2, 0) is 9.59 Å². The molecule has 0 spiro atoms. The molecule has 7 nitrogen and oxygen atoms in total. The molecule has 7 heteroatoms. The summed E-state index contributed by atoms with van der Waals surface area (Å²) in [6.07, 6.45) is 2.25. The van der Waals surface area contributed by atoms with Gasteiger partial charge in [0.15, 0.2) is 0 Å². The quantitative estimate of drug-likeness (QED) is 0.393. The minimum absolute atomic E-state index is 0.0257. The largest absolute Gasteiger partial charge is 0.507 e. The molecule has 0 saturated carbocycles. The standard InChI is InChI=1S/C23H28N2O5/c1-15(2)30-17-10-8-16(9-11-17)21(26)19-20(18-7-5-14-29-18)25(23(28)22(19)27)13-6-12-24(3)4/h5,7-11,14-15,20,26H,6,12-13H2,1-4H3/p+1/t20-/m0/s1. The number of furan rings is 1. The molecule has 1 atom stereocenters. The number of carbonyl (C=O) groups excluding carboxylic acids is 2. The molecule has 1 aromatic heterocycles. The Morgan fingerprint density at radius 1 is 1.20 bits per heavy atom. The van der Waals surface area contributed by atoms with Gasteiger partial charge in [-0.1, -0.05) is 0 Å². The summed E-state index contributed by atoms with van der Waals surface area (Å²) in [4.78, 5) is 28.4. The van der Waals surface area contributed by atoms with E-state index in [9.17, 15) is 14.7 Å². The fourth-order valence-corrected chi connectivity index (χ4v) is 3.58. The van der Waals surface area contributed by atoms with Crippen LogP contribution in [0.4, 0.5) is 0 Å². The maximum atomic E-state index is 12.9. The lowest BCUT2D eigenvalue weighted by molar-refractivity contribution is -0.858. The number of nitrogens with zero attached hydrogens (tertiary/aromatic N) is 1. The van der Waals surface area contributed by atoms with E-state index in [0.717, 1.165) is 13.0 Å². The molecule has 0 unspecified atom stereocenters. The maximum absolute atomic E-state index is 12.9. The summed E-state index contributed by atoms with van der Waals surface area (Å²) in [7, 11) is 4.07. The molecule has 1 saturated heterocycles. The number of rotatable bonds is 8. The Morgan fingerprint density at radius 2 is 1.90 bits per heavy atom. The van der Waals surface area contributed by atoms with Crippen molar-refractivity contribution in [3.63, 3.8) is 0 Å². The number of ketones is 1. The number of benzene rings is 1. The van der Waals surface area contributed by atoms with Crippen LogP contribution in [0.25, 0.3) is 5.76 Å². The molecule has 2 heterocycles. The van der Waals surface area contributed by atoms with E-state index in [1.54, 1.807) is 36.4 Å². The molecule has 0 aliphatic carbocycles. The topological polar surface area (TPSA) is 84.4 Å². The second kappa shape index (κ2) is 9.17. The summed E-state index contributed by atoms with van der Waals surface area (Å²) in [6.45, 7) is 5.11. The highest BCUT2D eigenvalue weighted by molar-refractivity contribution is 6.46. The number of aliphatic hydroxyl groups excluding tert-OH is 1. The van der Waals surface area contributed by atoms with Crippen molar-refractivity contribution in [3.05, 3.63) is 59.6 Å². The van der Waals surface area contributed by atoms with Crippen molar-refractivity contribution in [2.45, 2.75) is 32.4 Å². The number of quaternary nitrogens is 1. The first-order chi connectivity index (χ1) is 14.3. The number of carbonyl (C=O) groups is 2. The Balaban J connectivity index is 1.97. The monoisotopic (exact) mass is 413 g/mol. The van der Waals surface area contributed by atoms with Crippen molar-refractivity contribution >= 4 is 17.4 Å². The van der Waals surface area contributed by atoms with Gasteiger partial charge in [0.2, 0.25) is 0 Å². The highest BCUT2D eigenvalue weighted by Crippen LogP contribution is 2.39. The molecule has 1 aliphatic heterocycles. The van der Waals surface area contributed by atoms with E-state index in [-0.39, 0.29) is 17.4 Å². The smallest absolute Gasteiger partial charge is 0.295 e. The third-order valence-electron chi connectivity index (χ3n) is 4.93. The number of hydrogen-bond acceptors (Lipinski definition) is 5. The zero-order chi connectivity index (χ0) is 21.8. The number of aliphatic hydroxyl groups is 1. The number of ether oxygens (including phenoxy) is 1. The van der Waals surface area contributed by atoms with Gasteiger partial charge in [-0.05, 0) is 50.2 Å². The van der Waals surface area contributed by atoms with Crippen molar-refractivity contribution in [3.8, 4) is 5.75 Å². The zero-order valence-electron chi connectivity index (χ0n) is 17.8. The van der Waals surface area contributed by atoms with Crippen LogP contribution in [0.3, 0.4) is 0 Å². The van der Waals surface area contributed by atoms with E-state index in [1.165, 1.54) is 16.1 Å². The van der Waals surface area contributed by atoms with Gasteiger partial charge in [-0.15, -0.1) is 0 Å². The zero-order valence-corrected chi connectivity index (χ0v) is 17.8. The Bertz CT molecular complexity index is 914. The number of amides is 1. The van der Waals surface area contributed by atoms with Gasteiger partial charge < -0.3 is 24.1 Å². The molecule has 2 aromatic rings. The fraction of sp³-hybridized carbons (Fsp3) is 0.391. The van der Waals surface area contributed by atoms with Crippen molar-refractivity contribution in [2.24, 2.45) is 0 Å². The van der Waals surface area contributed by atoms with Crippen molar-refractivity contribution in [2.75, 3.05) is 27.2 Å². The first-order valence-corrected chi connectivity index (χ1v) is 10.2. The molecule has 2 N–H and O–H groups in total. The molecule has 1 aromatic carbocycles. The average Bonchev–Trinajstić information content (AvgIpc) is 3.30. The van der Waals surface area contributed by atoms with E-state index in [2.05, 4.69) is 0 Å². The van der Waals surface area contributed by atoms with E-state index >= 15 is 0 Å². The summed E-state index contributed by atoms with van der Waals surface area (Å²) >= 11 is 0. The molecule has 0 radical (unpaired) electrons. The van der Waals surface area contributed by atoms with Crippen molar-refractivity contribution in [1.82, 2.24) is 4.90 Å². The van der Waals surface area contributed by atoms with Crippen LogP contribution < -0.4 is 9.64 Å². The Kier molecular flexibility index (Phi) is 6.62. The summed E-state index contributed by atoms with van der Waals surface area (Å²) in [6, 6.07) is 9.48. The van der Waals surface area contributed by atoms with Crippen LogP contribution in [0.5, 0.6) is 5.75 Å². The normalized spacial score (nSPS) is 18.6. The fourth-order valence-electron chi connectivity index (χ4n) is 3.58. The van der Waals surface area contributed by atoms with Gasteiger partial charge in [-0.3, -0.25) is 9.59 Å². The molecule has 3 rings (SSSR count). The van der Waals surface area contributed by atoms with Crippen LogP contribution in [0.1, 0.15) is 37.6 Å². The van der Waals surface area contributed by atoms with Crippen LogP contribution >= 0.6 is 0 Å². The van der Waals surface area contributed by atoms with Gasteiger partial charge >= 0.3 is 0 Å². The average molecular weight is 413 g/mol. The summed E-state index contributed by atoms with van der Waals surface area (Å²) in [5.41, 5.74) is 0.489. The number of Topliss-reactive ketones (excluding diaryl/α,β-unsaturated/α-hetero) is 1. The van der Waals surface area contributed by atoms with Crippen LogP contribution in [0.15, 0.2) is 52.7 Å². The molecule has 1 aliphatic rings. The van der Waals surface area contributed by atoms with E-state index in [0.29, 0.717) is 23.6 Å². The van der Waals surface area contributed by atoms with Crippen LogP contribution in [0, 0.1) is 0 Å². The second-order valence-electron chi connectivity index (χ2n) is 8.01. The summed E-state index contributed by atoms with van der Waals surface area (Å²) in [5.74, 6) is -0.421. The van der Waals surface area contributed by atoms with Gasteiger partial charge in [0.25, 0.3) is 11.7 Å². The second-order valence-corrected chi connectivity index (χ2v) is 8.01. The molecule has 160 valence electrons. The maximum Gasteiger partial charge on any atom is 0.295 e. The minimum atomic E-state index is -0.747. The Morgan fingerprint density at radius 3 is 2.47 bits per heavy atom.